The first-order valence-corrected chi connectivity index (χ1v) is 10.4. The zero-order chi connectivity index (χ0) is 21.1. The number of likely N-dealkylation sites (tertiary alicyclic amines) is 1. The molecule has 1 saturated heterocycles. The fourth-order valence-corrected chi connectivity index (χ4v) is 4.47. The highest BCUT2D eigenvalue weighted by Crippen LogP contribution is 2.36. The Labute approximate surface area is 175 Å². The minimum Gasteiger partial charge on any atom is -0.481 e. The quantitative estimate of drug-likeness (QED) is 0.587. The lowest BCUT2D eigenvalue weighted by atomic mass is 9.73. The van der Waals surface area contributed by atoms with Crippen molar-refractivity contribution in [1.82, 2.24) is 9.88 Å². The van der Waals surface area contributed by atoms with E-state index in [1.807, 2.05) is 60.8 Å². The maximum Gasteiger partial charge on any atom is 0.310 e. The van der Waals surface area contributed by atoms with Crippen LogP contribution < -0.4 is 5.73 Å². The summed E-state index contributed by atoms with van der Waals surface area (Å²) < 4.78 is 0. The van der Waals surface area contributed by atoms with Gasteiger partial charge >= 0.3 is 5.97 Å². The number of aromatic nitrogens is 1. The topological polar surface area (TPSA) is 99.4 Å². The summed E-state index contributed by atoms with van der Waals surface area (Å²) in [6.45, 7) is 0.832. The standard InChI is InChI=1S/C24H27N3O3/c25-20(14-18-16-26-21-9-5-4-8-19(18)21)22(28)27-12-10-24(11-13-27,23(29)30)15-17-6-2-1-3-7-17/h1-9,16,20,26H,10-15,25H2,(H,29,30). The first kappa shape index (κ1) is 20.2. The van der Waals surface area contributed by atoms with Crippen molar-refractivity contribution in [3.8, 4) is 0 Å². The number of nitrogens with zero attached hydrogens (tertiary/aromatic N) is 1. The number of piperidine rings is 1. The van der Waals surface area contributed by atoms with Crippen LogP contribution in [0, 0.1) is 5.41 Å². The normalized spacial score (nSPS) is 17.0. The first-order valence-electron chi connectivity index (χ1n) is 10.4. The van der Waals surface area contributed by atoms with E-state index in [1.54, 1.807) is 4.90 Å². The minimum atomic E-state index is -0.834. The van der Waals surface area contributed by atoms with Gasteiger partial charge in [-0.05, 0) is 42.9 Å². The van der Waals surface area contributed by atoms with Crippen molar-refractivity contribution in [2.24, 2.45) is 11.1 Å². The molecule has 2 heterocycles. The van der Waals surface area contributed by atoms with Gasteiger partial charge in [-0.2, -0.15) is 0 Å². The summed E-state index contributed by atoms with van der Waals surface area (Å²) in [7, 11) is 0. The van der Waals surface area contributed by atoms with E-state index in [4.69, 9.17) is 5.73 Å². The van der Waals surface area contributed by atoms with E-state index < -0.39 is 17.4 Å². The van der Waals surface area contributed by atoms with Gasteiger partial charge in [0.1, 0.15) is 0 Å². The highest BCUT2D eigenvalue weighted by molar-refractivity contribution is 5.86. The molecule has 1 atom stereocenters. The predicted octanol–water partition coefficient (Wildman–Crippen LogP) is 2.97. The van der Waals surface area contributed by atoms with Crippen LogP contribution in [0.15, 0.2) is 60.8 Å². The number of benzene rings is 2. The van der Waals surface area contributed by atoms with Crippen LogP contribution in [0.3, 0.4) is 0 Å². The van der Waals surface area contributed by atoms with Gasteiger partial charge in [-0.25, -0.2) is 0 Å². The molecule has 0 bridgehead atoms. The molecule has 1 aromatic heterocycles. The van der Waals surface area contributed by atoms with E-state index in [-0.39, 0.29) is 5.91 Å². The van der Waals surface area contributed by atoms with E-state index in [2.05, 4.69) is 4.98 Å². The Morgan fingerprint density at radius 3 is 2.43 bits per heavy atom. The molecule has 2 aromatic carbocycles. The van der Waals surface area contributed by atoms with Gasteiger partial charge in [0.15, 0.2) is 0 Å². The smallest absolute Gasteiger partial charge is 0.310 e. The third-order valence-electron chi connectivity index (χ3n) is 6.30. The molecule has 1 unspecified atom stereocenters. The van der Waals surface area contributed by atoms with E-state index in [1.165, 1.54) is 0 Å². The molecule has 3 aromatic rings. The molecule has 0 saturated carbocycles. The number of aromatic amines is 1. The molecule has 156 valence electrons. The maximum absolute atomic E-state index is 12.9. The highest BCUT2D eigenvalue weighted by atomic mass is 16.4. The summed E-state index contributed by atoms with van der Waals surface area (Å²) in [6, 6.07) is 17.0. The third-order valence-corrected chi connectivity index (χ3v) is 6.30. The van der Waals surface area contributed by atoms with Gasteiger partial charge in [0.2, 0.25) is 5.91 Å². The average Bonchev–Trinajstić information content (AvgIpc) is 3.17. The van der Waals surface area contributed by atoms with Gasteiger partial charge in [0.25, 0.3) is 0 Å². The molecule has 1 fully saturated rings. The van der Waals surface area contributed by atoms with Crippen LogP contribution >= 0.6 is 0 Å². The summed E-state index contributed by atoms with van der Waals surface area (Å²) >= 11 is 0. The Kier molecular flexibility index (Phi) is 5.59. The van der Waals surface area contributed by atoms with Crippen molar-refractivity contribution in [1.29, 1.82) is 0 Å². The predicted molar refractivity (Wildman–Crippen MR) is 116 cm³/mol. The fraction of sp³-hybridized carbons (Fsp3) is 0.333. The van der Waals surface area contributed by atoms with E-state index in [0.29, 0.717) is 38.8 Å². The van der Waals surface area contributed by atoms with Crippen LogP contribution in [0.5, 0.6) is 0 Å². The number of carbonyl (C=O) groups excluding carboxylic acids is 1. The monoisotopic (exact) mass is 405 g/mol. The number of aliphatic carboxylic acids is 1. The number of para-hydroxylation sites is 1. The van der Waals surface area contributed by atoms with Crippen molar-refractivity contribution in [2.45, 2.75) is 31.7 Å². The Hall–Kier alpha value is -3.12. The van der Waals surface area contributed by atoms with Gasteiger partial charge < -0.3 is 20.7 Å². The molecule has 1 amide bonds. The number of carboxylic acid groups (broad SMARTS) is 1. The summed E-state index contributed by atoms with van der Waals surface area (Å²) in [6.07, 6.45) is 3.70. The van der Waals surface area contributed by atoms with E-state index >= 15 is 0 Å². The van der Waals surface area contributed by atoms with E-state index in [0.717, 1.165) is 22.0 Å². The Bertz CT molecular complexity index is 1040. The van der Waals surface area contributed by atoms with Crippen LogP contribution in [-0.2, 0) is 22.4 Å². The molecule has 30 heavy (non-hydrogen) atoms. The molecule has 0 spiro atoms. The number of fused-ring (bicyclic) bond motifs is 1. The molecule has 4 rings (SSSR count). The molecular formula is C24H27N3O3. The fourth-order valence-electron chi connectivity index (χ4n) is 4.47. The average molecular weight is 405 g/mol. The molecule has 0 aliphatic carbocycles. The molecule has 0 radical (unpaired) electrons. The SMILES string of the molecule is NC(Cc1c[nH]c2ccccc12)C(=O)N1CCC(Cc2ccccc2)(C(=O)O)CC1. The van der Waals surface area contributed by atoms with Crippen LogP contribution in [0.4, 0.5) is 0 Å². The largest absolute Gasteiger partial charge is 0.481 e. The zero-order valence-corrected chi connectivity index (χ0v) is 16.9. The van der Waals surface area contributed by atoms with Crippen LogP contribution in [0.1, 0.15) is 24.0 Å². The Morgan fingerprint density at radius 2 is 1.73 bits per heavy atom. The number of rotatable bonds is 6. The van der Waals surface area contributed by atoms with E-state index in [9.17, 15) is 14.7 Å². The number of nitrogens with two attached hydrogens (primary N) is 1. The van der Waals surface area contributed by atoms with Gasteiger partial charge in [-0.3, -0.25) is 9.59 Å². The number of carboxylic acids is 1. The zero-order valence-electron chi connectivity index (χ0n) is 16.9. The van der Waals surface area contributed by atoms with Crippen molar-refractivity contribution < 1.29 is 14.7 Å². The van der Waals surface area contributed by atoms with Crippen molar-refractivity contribution in [3.63, 3.8) is 0 Å². The number of carbonyl (C=O) groups is 2. The minimum absolute atomic E-state index is 0.112. The van der Waals surface area contributed by atoms with Crippen LogP contribution in [0.25, 0.3) is 10.9 Å². The lowest BCUT2D eigenvalue weighted by molar-refractivity contribution is -0.154. The third kappa shape index (κ3) is 3.96. The molecule has 1 aliphatic rings. The van der Waals surface area contributed by atoms with Gasteiger partial charge in [-0.15, -0.1) is 0 Å². The molecule has 4 N–H and O–H groups in total. The molecule has 1 aliphatic heterocycles. The number of hydrogen-bond donors (Lipinski definition) is 3. The maximum atomic E-state index is 12.9. The number of H-pyrrole nitrogens is 1. The molecule has 6 heteroatoms. The van der Waals surface area contributed by atoms with Crippen LogP contribution in [0.2, 0.25) is 0 Å². The second-order valence-corrected chi connectivity index (χ2v) is 8.24. The number of nitrogens with one attached hydrogen (secondary N) is 1. The number of hydrogen-bond acceptors (Lipinski definition) is 3. The Balaban J connectivity index is 1.41. The summed E-state index contributed by atoms with van der Waals surface area (Å²) in [5, 5.41) is 11.0. The second-order valence-electron chi connectivity index (χ2n) is 8.24. The second kappa shape index (κ2) is 8.32. The van der Waals surface area contributed by atoms with Gasteiger partial charge in [0, 0.05) is 30.2 Å². The summed E-state index contributed by atoms with van der Waals surface area (Å²) in [4.78, 5) is 30.0. The number of amides is 1. The van der Waals surface area contributed by atoms with Crippen molar-refractivity contribution >= 4 is 22.8 Å². The highest BCUT2D eigenvalue weighted by Gasteiger charge is 2.42. The molecular weight excluding hydrogens is 378 g/mol. The van der Waals surface area contributed by atoms with Crippen LogP contribution in [-0.4, -0.2) is 46.0 Å². The summed E-state index contributed by atoms with van der Waals surface area (Å²) in [5.41, 5.74) is 8.48. The Morgan fingerprint density at radius 1 is 1.07 bits per heavy atom. The lowest BCUT2D eigenvalue weighted by Gasteiger charge is -2.39. The summed E-state index contributed by atoms with van der Waals surface area (Å²) in [5.74, 6) is -0.902. The van der Waals surface area contributed by atoms with Crippen molar-refractivity contribution in [3.05, 3.63) is 71.9 Å². The first-order chi connectivity index (χ1) is 14.5. The lowest BCUT2D eigenvalue weighted by Crippen LogP contribution is -2.52. The van der Waals surface area contributed by atoms with Gasteiger partial charge in [-0.1, -0.05) is 48.5 Å². The van der Waals surface area contributed by atoms with Gasteiger partial charge in [0.05, 0.1) is 11.5 Å². The van der Waals surface area contributed by atoms with Crippen molar-refractivity contribution in [2.75, 3.05) is 13.1 Å². The molecule has 6 nitrogen and oxygen atoms in total.